The van der Waals surface area contributed by atoms with Crippen LogP contribution < -0.4 is 4.74 Å². The monoisotopic (exact) mass is 235 g/mol. The molecule has 0 bridgehead atoms. The second kappa shape index (κ2) is 5.63. The number of methoxy groups -OCH3 is 1. The molecule has 0 spiro atoms. The summed E-state index contributed by atoms with van der Waals surface area (Å²) in [4.78, 5) is 12.7. The molecule has 0 N–H and O–H groups in total. The molecule has 5 nitrogen and oxygen atoms in total. The van der Waals surface area contributed by atoms with Crippen LogP contribution in [0.2, 0.25) is 0 Å². The normalized spacial score (nSPS) is 16.9. The first-order valence-electron chi connectivity index (χ1n) is 5.75. The Morgan fingerprint density at radius 3 is 2.35 bits per heavy atom. The van der Waals surface area contributed by atoms with Gasteiger partial charge in [0, 0.05) is 19.6 Å². The van der Waals surface area contributed by atoms with Gasteiger partial charge in [0.1, 0.15) is 5.75 Å². The van der Waals surface area contributed by atoms with Crippen LogP contribution in [-0.4, -0.2) is 43.2 Å². The largest absolute Gasteiger partial charge is 0.497 e. The molecule has 0 aromatic heterocycles. The van der Waals surface area contributed by atoms with Gasteiger partial charge in [0.05, 0.1) is 25.5 Å². The van der Waals surface area contributed by atoms with E-state index in [1.54, 1.807) is 12.1 Å². The number of rotatable bonds is 4. The van der Waals surface area contributed by atoms with E-state index in [2.05, 4.69) is 22.3 Å². The van der Waals surface area contributed by atoms with E-state index in [1.807, 2.05) is 12.1 Å². The molecule has 17 heavy (non-hydrogen) atoms. The summed E-state index contributed by atoms with van der Waals surface area (Å²) in [5, 5.41) is 4.53. The lowest BCUT2D eigenvalue weighted by atomic mass is 10.2. The standard InChI is InChI=1S/C12H17N3O2/c1-17-12-4-2-11(3-5-12)10-14-6-8-15(13-16)9-7-14/h2-5H,6-10H2,1H3. The van der Waals surface area contributed by atoms with Gasteiger partial charge in [-0.25, -0.2) is 0 Å². The van der Waals surface area contributed by atoms with Gasteiger partial charge in [-0.3, -0.25) is 9.91 Å². The lowest BCUT2D eigenvalue weighted by molar-refractivity contribution is 0.129. The highest BCUT2D eigenvalue weighted by Crippen LogP contribution is 2.14. The molecular weight excluding hydrogens is 218 g/mol. The van der Waals surface area contributed by atoms with Gasteiger partial charge in [-0.2, -0.15) is 0 Å². The van der Waals surface area contributed by atoms with Crippen LogP contribution in [0, 0.1) is 4.91 Å². The molecule has 1 aliphatic rings. The van der Waals surface area contributed by atoms with E-state index in [9.17, 15) is 4.91 Å². The van der Waals surface area contributed by atoms with Crippen LogP contribution in [0.1, 0.15) is 5.56 Å². The van der Waals surface area contributed by atoms with Crippen LogP contribution in [-0.2, 0) is 6.54 Å². The second-order valence-electron chi connectivity index (χ2n) is 4.16. The zero-order valence-corrected chi connectivity index (χ0v) is 10.0. The number of benzene rings is 1. The van der Waals surface area contributed by atoms with Crippen LogP contribution >= 0.6 is 0 Å². The first-order chi connectivity index (χ1) is 8.31. The fraction of sp³-hybridized carbons (Fsp3) is 0.500. The van der Waals surface area contributed by atoms with E-state index < -0.39 is 0 Å². The van der Waals surface area contributed by atoms with E-state index in [1.165, 1.54) is 5.56 Å². The summed E-state index contributed by atoms with van der Waals surface area (Å²) in [5.41, 5.74) is 1.26. The first-order valence-corrected chi connectivity index (χ1v) is 5.75. The molecule has 1 heterocycles. The van der Waals surface area contributed by atoms with Crippen molar-refractivity contribution in [1.29, 1.82) is 0 Å². The molecule has 1 aromatic rings. The fourth-order valence-electron chi connectivity index (χ4n) is 1.97. The predicted octanol–water partition coefficient (Wildman–Crippen LogP) is 1.49. The number of piperazine rings is 1. The van der Waals surface area contributed by atoms with E-state index in [-0.39, 0.29) is 0 Å². The Hall–Kier alpha value is -1.62. The van der Waals surface area contributed by atoms with Gasteiger partial charge in [-0.15, -0.1) is 4.91 Å². The number of ether oxygens (including phenoxy) is 1. The van der Waals surface area contributed by atoms with Crippen LogP contribution in [0.25, 0.3) is 0 Å². The number of nitroso groups, excluding NO2 is 1. The minimum absolute atomic E-state index is 0.722. The third-order valence-corrected chi connectivity index (χ3v) is 3.03. The Balaban J connectivity index is 1.86. The highest BCUT2D eigenvalue weighted by molar-refractivity contribution is 5.27. The third kappa shape index (κ3) is 3.17. The molecule has 0 radical (unpaired) electrons. The molecule has 1 saturated heterocycles. The van der Waals surface area contributed by atoms with Gasteiger partial charge in [-0.05, 0) is 17.7 Å². The van der Waals surface area contributed by atoms with Gasteiger partial charge in [0.25, 0.3) is 0 Å². The lowest BCUT2D eigenvalue weighted by Gasteiger charge is -2.31. The predicted molar refractivity (Wildman–Crippen MR) is 65.6 cm³/mol. The van der Waals surface area contributed by atoms with Crippen molar-refractivity contribution in [2.75, 3.05) is 33.3 Å². The van der Waals surface area contributed by atoms with Crippen molar-refractivity contribution in [1.82, 2.24) is 9.91 Å². The van der Waals surface area contributed by atoms with E-state index in [0.29, 0.717) is 0 Å². The molecule has 92 valence electrons. The zero-order valence-electron chi connectivity index (χ0n) is 10.0. The average molecular weight is 235 g/mol. The summed E-state index contributed by atoms with van der Waals surface area (Å²) >= 11 is 0. The second-order valence-corrected chi connectivity index (χ2v) is 4.16. The van der Waals surface area contributed by atoms with Gasteiger partial charge < -0.3 is 4.74 Å². The first kappa shape index (κ1) is 11.9. The maximum atomic E-state index is 10.3. The lowest BCUT2D eigenvalue weighted by Crippen LogP contribution is -2.43. The van der Waals surface area contributed by atoms with Gasteiger partial charge in [0.15, 0.2) is 0 Å². The molecule has 0 unspecified atom stereocenters. The maximum Gasteiger partial charge on any atom is 0.118 e. The summed E-state index contributed by atoms with van der Waals surface area (Å²) in [6.45, 7) is 4.13. The SMILES string of the molecule is COc1ccc(CN2CCN(N=O)CC2)cc1. The highest BCUT2D eigenvalue weighted by atomic mass is 16.5. The summed E-state index contributed by atoms with van der Waals surface area (Å²) in [5.74, 6) is 0.878. The molecule has 0 saturated carbocycles. The molecular formula is C12H17N3O2. The topological polar surface area (TPSA) is 45.1 Å². The van der Waals surface area contributed by atoms with Crippen molar-refractivity contribution in [3.8, 4) is 5.75 Å². The molecule has 5 heteroatoms. The highest BCUT2D eigenvalue weighted by Gasteiger charge is 2.16. The number of nitrogens with zero attached hydrogens (tertiary/aromatic N) is 3. The Morgan fingerprint density at radius 1 is 1.18 bits per heavy atom. The van der Waals surface area contributed by atoms with Crippen LogP contribution in [0.15, 0.2) is 29.6 Å². The quantitative estimate of drug-likeness (QED) is 0.742. The molecule has 1 aromatic carbocycles. The minimum atomic E-state index is 0.722. The molecule has 2 rings (SSSR count). The summed E-state index contributed by atoms with van der Waals surface area (Å²) in [6.07, 6.45) is 0. The Labute approximate surface area is 101 Å². The average Bonchev–Trinajstić information content (AvgIpc) is 2.40. The third-order valence-electron chi connectivity index (χ3n) is 3.03. The molecule has 0 atom stereocenters. The molecule has 1 fully saturated rings. The minimum Gasteiger partial charge on any atom is -0.497 e. The van der Waals surface area contributed by atoms with Crippen LogP contribution in [0.3, 0.4) is 0 Å². The molecule has 0 amide bonds. The maximum absolute atomic E-state index is 10.3. The number of hydrogen-bond acceptors (Lipinski definition) is 4. The molecule has 0 aliphatic carbocycles. The van der Waals surface area contributed by atoms with Crippen molar-refractivity contribution in [2.24, 2.45) is 5.29 Å². The van der Waals surface area contributed by atoms with E-state index in [4.69, 9.17) is 4.74 Å². The van der Waals surface area contributed by atoms with Crippen molar-refractivity contribution in [2.45, 2.75) is 6.54 Å². The fourth-order valence-corrected chi connectivity index (χ4v) is 1.97. The summed E-state index contributed by atoms with van der Waals surface area (Å²) < 4.78 is 5.12. The zero-order chi connectivity index (χ0) is 12.1. The van der Waals surface area contributed by atoms with Gasteiger partial charge >= 0.3 is 0 Å². The van der Waals surface area contributed by atoms with Gasteiger partial charge in [0.2, 0.25) is 0 Å². The smallest absolute Gasteiger partial charge is 0.118 e. The van der Waals surface area contributed by atoms with E-state index in [0.717, 1.165) is 38.5 Å². The number of hydrogen-bond donors (Lipinski definition) is 0. The van der Waals surface area contributed by atoms with E-state index >= 15 is 0 Å². The van der Waals surface area contributed by atoms with Crippen LogP contribution in [0.5, 0.6) is 5.75 Å². The van der Waals surface area contributed by atoms with Crippen molar-refractivity contribution in [3.63, 3.8) is 0 Å². The van der Waals surface area contributed by atoms with Crippen molar-refractivity contribution in [3.05, 3.63) is 34.7 Å². The summed E-state index contributed by atoms with van der Waals surface area (Å²) in [6, 6.07) is 8.09. The van der Waals surface area contributed by atoms with Crippen LogP contribution in [0.4, 0.5) is 0 Å². The van der Waals surface area contributed by atoms with Gasteiger partial charge in [-0.1, -0.05) is 12.1 Å². The molecule has 1 aliphatic heterocycles. The Bertz CT molecular complexity index is 359. The van der Waals surface area contributed by atoms with Crippen molar-refractivity contribution >= 4 is 0 Å². The summed E-state index contributed by atoms with van der Waals surface area (Å²) in [7, 11) is 1.67. The van der Waals surface area contributed by atoms with Crippen molar-refractivity contribution < 1.29 is 4.74 Å². The Kier molecular flexibility index (Phi) is 3.93. The Morgan fingerprint density at radius 2 is 1.82 bits per heavy atom.